The van der Waals surface area contributed by atoms with Crippen molar-refractivity contribution in [2.45, 2.75) is 26.3 Å². The van der Waals surface area contributed by atoms with E-state index in [4.69, 9.17) is 9.84 Å². The first kappa shape index (κ1) is 12.3. The van der Waals surface area contributed by atoms with Gasteiger partial charge in [0, 0.05) is 6.20 Å². The van der Waals surface area contributed by atoms with Crippen LogP contribution < -0.4 is 5.56 Å². The van der Waals surface area contributed by atoms with Crippen LogP contribution in [0.3, 0.4) is 0 Å². The fraction of sp³-hybridized carbons (Fsp3) is 0.455. The Kier molecular flexibility index (Phi) is 4.57. The normalized spacial score (nSPS) is 10.1. The summed E-state index contributed by atoms with van der Waals surface area (Å²) >= 11 is 0. The number of aromatic hydroxyl groups is 1. The van der Waals surface area contributed by atoms with E-state index in [2.05, 4.69) is 0 Å². The third-order valence-electron chi connectivity index (χ3n) is 2.06. The van der Waals surface area contributed by atoms with Crippen LogP contribution in [0.5, 0.6) is 5.75 Å². The summed E-state index contributed by atoms with van der Waals surface area (Å²) in [5.74, 6) is -0.843. The number of rotatable bonds is 5. The van der Waals surface area contributed by atoms with E-state index in [-0.39, 0.29) is 12.3 Å². The SMILES string of the molecule is CCCCOC(=O)Cn1cccc(O)c1=O. The van der Waals surface area contributed by atoms with Gasteiger partial charge < -0.3 is 14.4 Å². The van der Waals surface area contributed by atoms with Crippen LogP contribution in [0.1, 0.15) is 19.8 Å². The van der Waals surface area contributed by atoms with E-state index < -0.39 is 11.5 Å². The van der Waals surface area contributed by atoms with Crippen LogP contribution in [0, 0.1) is 0 Å². The van der Waals surface area contributed by atoms with Gasteiger partial charge in [-0.15, -0.1) is 0 Å². The van der Waals surface area contributed by atoms with Crippen LogP contribution >= 0.6 is 0 Å². The molecule has 0 saturated carbocycles. The molecule has 1 aromatic heterocycles. The van der Waals surface area contributed by atoms with Crippen LogP contribution in [0.2, 0.25) is 0 Å². The van der Waals surface area contributed by atoms with Gasteiger partial charge in [0.15, 0.2) is 5.75 Å². The van der Waals surface area contributed by atoms with Gasteiger partial charge in [-0.25, -0.2) is 0 Å². The Labute approximate surface area is 93.3 Å². The Morgan fingerprint density at radius 3 is 3.00 bits per heavy atom. The van der Waals surface area contributed by atoms with Gasteiger partial charge in [-0.1, -0.05) is 13.3 Å². The Morgan fingerprint density at radius 2 is 2.31 bits per heavy atom. The lowest BCUT2D eigenvalue weighted by molar-refractivity contribution is -0.144. The van der Waals surface area contributed by atoms with Crippen LogP contribution in [-0.2, 0) is 16.1 Å². The summed E-state index contributed by atoms with van der Waals surface area (Å²) in [5, 5.41) is 9.14. The molecule has 0 spiro atoms. The first-order chi connectivity index (χ1) is 7.65. The van der Waals surface area contributed by atoms with Crippen molar-refractivity contribution in [3.05, 3.63) is 28.7 Å². The van der Waals surface area contributed by atoms with E-state index in [1.807, 2.05) is 6.92 Å². The van der Waals surface area contributed by atoms with Gasteiger partial charge in [-0.3, -0.25) is 9.59 Å². The predicted molar refractivity (Wildman–Crippen MR) is 58.2 cm³/mol. The van der Waals surface area contributed by atoms with Crippen molar-refractivity contribution in [1.82, 2.24) is 4.57 Å². The smallest absolute Gasteiger partial charge is 0.326 e. The number of ether oxygens (including phenoxy) is 1. The highest BCUT2D eigenvalue weighted by molar-refractivity contribution is 5.69. The summed E-state index contributed by atoms with van der Waals surface area (Å²) in [6.45, 7) is 2.19. The van der Waals surface area contributed by atoms with Crippen molar-refractivity contribution in [3.8, 4) is 5.75 Å². The number of pyridine rings is 1. The summed E-state index contributed by atoms with van der Waals surface area (Å²) < 4.78 is 6.02. The molecule has 0 aromatic carbocycles. The zero-order chi connectivity index (χ0) is 12.0. The summed E-state index contributed by atoms with van der Waals surface area (Å²) in [6.07, 6.45) is 3.18. The second-order valence-corrected chi connectivity index (χ2v) is 3.40. The predicted octanol–water partition coefficient (Wildman–Crippen LogP) is 0.897. The van der Waals surface area contributed by atoms with Crippen LogP contribution in [0.25, 0.3) is 0 Å². The summed E-state index contributed by atoms with van der Waals surface area (Å²) in [6, 6.07) is 2.78. The van der Waals surface area contributed by atoms with E-state index in [9.17, 15) is 9.59 Å². The molecule has 16 heavy (non-hydrogen) atoms. The molecule has 0 aliphatic carbocycles. The van der Waals surface area contributed by atoms with Crippen LogP contribution in [-0.4, -0.2) is 22.2 Å². The Balaban J connectivity index is 2.56. The number of hydrogen-bond donors (Lipinski definition) is 1. The number of carbonyl (C=O) groups excluding carboxylic acids is 1. The second kappa shape index (κ2) is 5.95. The molecule has 1 N–H and O–H groups in total. The molecule has 0 aliphatic heterocycles. The third-order valence-corrected chi connectivity index (χ3v) is 2.06. The quantitative estimate of drug-likeness (QED) is 0.597. The average Bonchev–Trinajstić information content (AvgIpc) is 2.25. The lowest BCUT2D eigenvalue weighted by Gasteiger charge is -2.06. The van der Waals surface area contributed by atoms with Gasteiger partial charge in [0.25, 0.3) is 5.56 Å². The van der Waals surface area contributed by atoms with Crippen molar-refractivity contribution in [2.75, 3.05) is 6.61 Å². The summed E-state index contributed by atoms with van der Waals surface area (Å²) in [7, 11) is 0. The van der Waals surface area contributed by atoms with E-state index in [1.54, 1.807) is 0 Å². The minimum Gasteiger partial charge on any atom is -0.503 e. The molecule has 0 atom stereocenters. The van der Waals surface area contributed by atoms with Gasteiger partial charge in [0.1, 0.15) is 6.54 Å². The molecule has 0 bridgehead atoms. The van der Waals surface area contributed by atoms with Gasteiger partial charge in [-0.05, 0) is 18.6 Å². The minimum atomic E-state index is -0.588. The van der Waals surface area contributed by atoms with Crippen LogP contribution in [0.15, 0.2) is 23.1 Å². The summed E-state index contributed by atoms with van der Waals surface area (Å²) in [5.41, 5.74) is -0.588. The number of hydrogen-bond acceptors (Lipinski definition) is 4. The molecule has 0 fully saturated rings. The maximum atomic E-state index is 11.3. The first-order valence-electron chi connectivity index (χ1n) is 5.19. The molecule has 0 aliphatic rings. The van der Waals surface area contributed by atoms with Gasteiger partial charge in [0.2, 0.25) is 0 Å². The molecular weight excluding hydrogens is 210 g/mol. The highest BCUT2D eigenvalue weighted by Gasteiger charge is 2.07. The fourth-order valence-electron chi connectivity index (χ4n) is 1.16. The molecule has 1 heterocycles. The van der Waals surface area contributed by atoms with Crippen molar-refractivity contribution in [2.24, 2.45) is 0 Å². The van der Waals surface area contributed by atoms with Crippen molar-refractivity contribution in [1.29, 1.82) is 0 Å². The van der Waals surface area contributed by atoms with E-state index in [1.165, 1.54) is 18.3 Å². The average molecular weight is 225 g/mol. The number of carbonyl (C=O) groups is 1. The molecule has 1 aromatic rings. The number of nitrogens with zero attached hydrogens (tertiary/aromatic N) is 1. The molecular formula is C11H15NO4. The topological polar surface area (TPSA) is 68.5 Å². The number of esters is 1. The van der Waals surface area contributed by atoms with Crippen LogP contribution in [0.4, 0.5) is 0 Å². The zero-order valence-corrected chi connectivity index (χ0v) is 9.18. The van der Waals surface area contributed by atoms with Gasteiger partial charge in [0.05, 0.1) is 6.61 Å². The number of aromatic nitrogens is 1. The highest BCUT2D eigenvalue weighted by Crippen LogP contribution is 1.98. The van der Waals surface area contributed by atoms with Crippen molar-refractivity contribution in [3.63, 3.8) is 0 Å². The second-order valence-electron chi connectivity index (χ2n) is 3.40. The van der Waals surface area contributed by atoms with Crippen molar-refractivity contribution >= 4 is 5.97 Å². The van der Waals surface area contributed by atoms with Crippen molar-refractivity contribution < 1.29 is 14.6 Å². The largest absolute Gasteiger partial charge is 0.503 e. The molecule has 0 saturated heterocycles. The van der Waals surface area contributed by atoms with E-state index in [0.717, 1.165) is 17.4 Å². The molecule has 88 valence electrons. The standard InChI is InChI=1S/C11H15NO4/c1-2-3-7-16-10(14)8-12-6-4-5-9(13)11(12)15/h4-6,13H,2-3,7-8H2,1H3. The van der Waals surface area contributed by atoms with Gasteiger partial charge >= 0.3 is 5.97 Å². The molecule has 0 radical (unpaired) electrons. The molecule has 5 heteroatoms. The fourth-order valence-corrected chi connectivity index (χ4v) is 1.16. The van der Waals surface area contributed by atoms with E-state index in [0.29, 0.717) is 6.61 Å². The summed E-state index contributed by atoms with van der Waals surface area (Å²) in [4.78, 5) is 22.6. The lowest BCUT2D eigenvalue weighted by atomic mass is 10.4. The Hall–Kier alpha value is -1.78. The Bertz CT molecular complexity index is 411. The maximum Gasteiger partial charge on any atom is 0.326 e. The maximum absolute atomic E-state index is 11.3. The first-order valence-corrected chi connectivity index (χ1v) is 5.19. The molecule has 0 amide bonds. The molecule has 0 unspecified atom stereocenters. The zero-order valence-electron chi connectivity index (χ0n) is 9.18. The minimum absolute atomic E-state index is 0.170. The van der Waals surface area contributed by atoms with E-state index >= 15 is 0 Å². The lowest BCUT2D eigenvalue weighted by Crippen LogP contribution is -2.24. The molecule has 1 rings (SSSR count). The number of unbranched alkanes of at least 4 members (excludes halogenated alkanes) is 1. The third kappa shape index (κ3) is 3.42. The monoisotopic (exact) mass is 225 g/mol. The molecule has 5 nitrogen and oxygen atoms in total. The highest BCUT2D eigenvalue weighted by atomic mass is 16.5. The van der Waals surface area contributed by atoms with Gasteiger partial charge in [-0.2, -0.15) is 0 Å². The Morgan fingerprint density at radius 1 is 1.56 bits per heavy atom.